The summed E-state index contributed by atoms with van der Waals surface area (Å²) >= 11 is 0. The van der Waals surface area contributed by atoms with Crippen molar-refractivity contribution in [3.63, 3.8) is 0 Å². The predicted molar refractivity (Wildman–Crippen MR) is 86.3 cm³/mol. The van der Waals surface area contributed by atoms with Crippen LogP contribution in [0.5, 0.6) is 0 Å². The monoisotopic (exact) mass is 420 g/mol. The van der Waals surface area contributed by atoms with E-state index < -0.39 is 20.1 Å². The van der Waals surface area contributed by atoms with Gasteiger partial charge in [-0.3, -0.25) is 0 Å². The van der Waals surface area contributed by atoms with Gasteiger partial charge >= 0.3 is 17.1 Å². The van der Waals surface area contributed by atoms with Gasteiger partial charge in [-0.05, 0) is 40.8 Å². The van der Waals surface area contributed by atoms with Crippen LogP contribution in [0.1, 0.15) is 23.2 Å². The fourth-order valence-electron chi connectivity index (χ4n) is 1.92. The molecule has 0 amide bonds. The number of aliphatic hydroxyl groups is 3. The molecule has 0 saturated carbocycles. The summed E-state index contributed by atoms with van der Waals surface area (Å²) in [5.74, 6) is -1.24. The summed E-state index contributed by atoms with van der Waals surface area (Å²) in [6, 6.07) is 3.55. The average molecular weight is 421 g/mol. The number of carbonyl (C=O) groups is 1. The fourth-order valence-corrected chi connectivity index (χ4v) is 2.19. The molecule has 0 aliphatic carbocycles. The number of hydrogen-bond donors (Lipinski definition) is 3. The number of carboxylic acid groups (broad SMARTS) is 1. The second-order valence-corrected chi connectivity index (χ2v) is 7.29. The molecule has 2 heterocycles. The van der Waals surface area contributed by atoms with Gasteiger partial charge in [0.2, 0.25) is 0 Å². The Morgan fingerprint density at radius 3 is 2.00 bits per heavy atom. The summed E-state index contributed by atoms with van der Waals surface area (Å²) in [6.45, 7) is 5.40. The van der Waals surface area contributed by atoms with Crippen molar-refractivity contribution in [2.45, 2.75) is 26.9 Å². The Morgan fingerprint density at radius 1 is 1.16 bits per heavy atom. The molecule has 0 saturated heterocycles. The molecule has 0 radical (unpaired) electrons. The van der Waals surface area contributed by atoms with E-state index in [0.29, 0.717) is 0 Å². The number of aryl methyl sites for hydroxylation is 3. The minimum atomic E-state index is -1.24. The molecular weight excluding hydrogens is 399 g/mol. The van der Waals surface area contributed by atoms with Crippen LogP contribution in [-0.4, -0.2) is 59.9 Å². The SMILES string of the molecule is Cc1ccn(C(C(=O)[O-])n2nc(C)cc2C)n1.OCP(CO)CO.[Cu+]. The Kier molecular flexibility index (Phi) is 10.8. The molecule has 25 heavy (non-hydrogen) atoms. The zero-order chi connectivity index (χ0) is 18.3. The first-order chi connectivity index (χ1) is 11.3. The van der Waals surface area contributed by atoms with Crippen LogP contribution in [0.4, 0.5) is 0 Å². The molecule has 3 N–H and O–H groups in total. The van der Waals surface area contributed by atoms with Crippen molar-refractivity contribution in [3.05, 3.63) is 35.4 Å². The van der Waals surface area contributed by atoms with Crippen molar-refractivity contribution >= 4 is 13.9 Å². The molecule has 0 fully saturated rings. The Hall–Kier alpha value is -1.28. The van der Waals surface area contributed by atoms with E-state index in [0.717, 1.165) is 17.1 Å². The van der Waals surface area contributed by atoms with Crippen molar-refractivity contribution in [2.75, 3.05) is 19.0 Å². The Balaban J connectivity index is 0.000000620. The molecule has 0 spiro atoms. The minimum absolute atomic E-state index is 0. The van der Waals surface area contributed by atoms with Gasteiger partial charge in [0, 0.05) is 11.9 Å². The maximum atomic E-state index is 11.2. The number of hydrogen-bond acceptors (Lipinski definition) is 7. The Labute approximate surface area is 157 Å². The van der Waals surface area contributed by atoms with Gasteiger partial charge in [0.25, 0.3) is 0 Å². The third-order valence-corrected chi connectivity index (χ3v) is 4.28. The topological polar surface area (TPSA) is 136 Å². The van der Waals surface area contributed by atoms with E-state index in [9.17, 15) is 9.90 Å². The van der Waals surface area contributed by atoms with Gasteiger partial charge in [-0.15, -0.1) is 0 Å². The van der Waals surface area contributed by atoms with Gasteiger partial charge in [0.1, 0.15) is 0 Å². The van der Waals surface area contributed by atoms with Crippen molar-refractivity contribution in [1.82, 2.24) is 19.6 Å². The average Bonchev–Trinajstić information content (AvgIpc) is 3.08. The number of aromatic nitrogens is 4. The van der Waals surface area contributed by atoms with E-state index in [1.54, 1.807) is 26.1 Å². The standard InChI is InChI=1S/C11H14N4O2.C3H9O3P.Cu/c1-7-4-5-14(12-7)10(11(16)17)15-9(3)6-8(2)13-15;4-1-7(2-5)3-6;/h4-6,10H,1-3H3,(H,16,17);4-6H,1-3H2;/q;;+1/p-1. The second-order valence-electron chi connectivity index (χ2n) is 5.10. The van der Waals surface area contributed by atoms with Gasteiger partial charge < -0.3 is 25.2 Å². The van der Waals surface area contributed by atoms with Crippen LogP contribution in [-0.2, 0) is 21.9 Å². The Morgan fingerprint density at radius 2 is 1.72 bits per heavy atom. The molecule has 2 aromatic heterocycles. The summed E-state index contributed by atoms with van der Waals surface area (Å²) in [4.78, 5) is 11.2. The smallest absolute Gasteiger partial charge is 0.546 e. The van der Waals surface area contributed by atoms with E-state index in [-0.39, 0.29) is 36.1 Å². The quantitative estimate of drug-likeness (QED) is 0.407. The first-order valence-electron chi connectivity index (χ1n) is 7.14. The van der Waals surface area contributed by atoms with Crippen LogP contribution >= 0.6 is 7.92 Å². The van der Waals surface area contributed by atoms with Crippen LogP contribution in [0, 0.1) is 20.8 Å². The minimum Gasteiger partial charge on any atom is -0.546 e. The summed E-state index contributed by atoms with van der Waals surface area (Å²) < 4.78 is 2.74. The fraction of sp³-hybridized carbons (Fsp3) is 0.500. The largest absolute Gasteiger partial charge is 1.00 e. The maximum Gasteiger partial charge on any atom is 1.00 e. The molecule has 1 atom stereocenters. The molecule has 9 nitrogen and oxygen atoms in total. The van der Waals surface area contributed by atoms with Crippen molar-refractivity contribution in [3.8, 4) is 0 Å². The van der Waals surface area contributed by atoms with Crippen LogP contribution in [0.25, 0.3) is 0 Å². The van der Waals surface area contributed by atoms with E-state index >= 15 is 0 Å². The first kappa shape index (κ1) is 23.7. The van der Waals surface area contributed by atoms with Crippen LogP contribution in [0.3, 0.4) is 0 Å². The van der Waals surface area contributed by atoms with Crippen molar-refractivity contribution in [2.24, 2.45) is 0 Å². The van der Waals surface area contributed by atoms with Crippen LogP contribution in [0.15, 0.2) is 18.3 Å². The number of aliphatic carboxylic acids is 1. The zero-order valence-corrected chi connectivity index (χ0v) is 16.0. The maximum absolute atomic E-state index is 11.2. The predicted octanol–water partition coefficient (Wildman–Crippen LogP) is -0.883. The third-order valence-electron chi connectivity index (χ3n) is 3.08. The molecule has 11 heteroatoms. The summed E-state index contributed by atoms with van der Waals surface area (Å²) in [5, 5.41) is 44.2. The van der Waals surface area contributed by atoms with Crippen molar-refractivity contribution in [1.29, 1.82) is 0 Å². The van der Waals surface area contributed by atoms with Gasteiger partial charge in [0.15, 0.2) is 6.17 Å². The second kappa shape index (κ2) is 11.4. The summed E-state index contributed by atoms with van der Waals surface area (Å²) in [6.07, 6.45) is 0.316. The van der Waals surface area contributed by atoms with Gasteiger partial charge in [-0.1, -0.05) is 0 Å². The summed E-state index contributed by atoms with van der Waals surface area (Å²) in [7, 11) is -0.887. The number of carbonyl (C=O) groups excluding carboxylic acids is 1. The van der Waals surface area contributed by atoms with Crippen molar-refractivity contribution < 1.29 is 42.3 Å². The first-order valence-corrected chi connectivity index (χ1v) is 9.04. The zero-order valence-electron chi connectivity index (χ0n) is 14.1. The third kappa shape index (κ3) is 6.86. The number of nitrogens with zero attached hydrogens (tertiary/aromatic N) is 4. The van der Waals surface area contributed by atoms with Crippen LogP contribution < -0.4 is 5.11 Å². The van der Waals surface area contributed by atoms with Gasteiger partial charge in [-0.2, -0.15) is 10.2 Å². The van der Waals surface area contributed by atoms with Crippen LogP contribution in [0.2, 0.25) is 0 Å². The number of carboxylic acids is 1. The molecule has 0 aliphatic rings. The van der Waals surface area contributed by atoms with E-state index in [1.807, 2.05) is 13.0 Å². The van der Waals surface area contributed by atoms with E-state index in [1.165, 1.54) is 9.36 Å². The number of aliphatic hydroxyl groups excluding tert-OH is 3. The molecule has 2 aromatic rings. The molecule has 2 rings (SSSR count). The molecule has 0 aliphatic heterocycles. The molecule has 0 bridgehead atoms. The van der Waals surface area contributed by atoms with E-state index in [4.69, 9.17) is 15.3 Å². The number of rotatable bonds is 6. The van der Waals surface area contributed by atoms with E-state index in [2.05, 4.69) is 10.2 Å². The summed E-state index contributed by atoms with van der Waals surface area (Å²) in [5.41, 5.74) is 2.26. The van der Waals surface area contributed by atoms with Gasteiger partial charge in [0.05, 0.1) is 36.4 Å². The molecular formula is C14H22CuN4O5P. The normalized spacial score (nSPS) is 11.5. The Bertz CT molecular complexity index is 654. The molecule has 144 valence electrons. The molecule has 0 aromatic carbocycles. The van der Waals surface area contributed by atoms with Gasteiger partial charge in [-0.25, -0.2) is 9.36 Å². The molecule has 1 unspecified atom stereocenters.